The number of methoxy groups -OCH3 is 1. The normalized spacial score (nSPS) is 8.50. The zero-order chi connectivity index (χ0) is 11.4. The number of benzene rings is 1. The molecule has 5 heteroatoms. The van der Waals surface area contributed by atoms with Crippen LogP contribution in [-0.4, -0.2) is 20.2 Å². The van der Waals surface area contributed by atoms with Crippen LogP contribution in [0.25, 0.3) is 0 Å². The third-order valence-corrected chi connectivity index (χ3v) is 2.88. The quantitative estimate of drug-likeness (QED) is 0.741. The van der Waals surface area contributed by atoms with Gasteiger partial charge in [-0.05, 0) is 39.3 Å². The molecule has 0 N–H and O–H groups in total. The average molecular weight is 345 g/mol. The van der Waals surface area contributed by atoms with E-state index >= 15 is 0 Å². The standard InChI is InChI=1S/C13H21NO.2ClH.Zn/c1-6-14(7-2)13-10(3)8-9-12(15-5)11(13)4;;;/h8-9H,6-7H2,1-5H3;2*1H;/q;;;+2/p-1. The average Bonchev–Trinajstić information content (AvgIpc) is 2.24. The van der Waals surface area contributed by atoms with Crippen LogP contribution in [0, 0.1) is 13.8 Å². The van der Waals surface area contributed by atoms with E-state index in [1.54, 1.807) is 7.11 Å². The maximum absolute atomic E-state index is 5.35. The summed E-state index contributed by atoms with van der Waals surface area (Å²) in [4.78, 5) is 2.37. The Hall–Kier alpha value is 0.0234. The van der Waals surface area contributed by atoms with E-state index in [-0.39, 0.29) is 44.3 Å². The van der Waals surface area contributed by atoms with Crippen molar-refractivity contribution in [2.75, 3.05) is 25.1 Å². The molecule has 0 fully saturated rings. The molecule has 0 aliphatic heterocycles. The second-order valence-corrected chi connectivity index (χ2v) is 3.73. The van der Waals surface area contributed by atoms with Gasteiger partial charge < -0.3 is 22.0 Å². The Morgan fingerprint density at radius 1 is 1.11 bits per heavy atom. The van der Waals surface area contributed by atoms with E-state index in [2.05, 4.69) is 38.7 Å². The molecule has 0 aromatic heterocycles. The molecule has 0 amide bonds. The van der Waals surface area contributed by atoms with Gasteiger partial charge in [0, 0.05) is 24.3 Å². The number of halogens is 2. The summed E-state index contributed by atoms with van der Waals surface area (Å²) >= 11 is 0. The summed E-state index contributed by atoms with van der Waals surface area (Å²) in [6, 6.07) is 4.16. The van der Waals surface area contributed by atoms with Crippen molar-refractivity contribution in [2.45, 2.75) is 27.7 Å². The topological polar surface area (TPSA) is 12.5 Å². The van der Waals surface area contributed by atoms with Crippen molar-refractivity contribution in [1.82, 2.24) is 0 Å². The molecule has 0 aliphatic carbocycles. The number of nitrogens with zero attached hydrogens (tertiary/aromatic N) is 1. The second kappa shape index (κ2) is 10.9. The van der Waals surface area contributed by atoms with Gasteiger partial charge in [-0.3, -0.25) is 0 Å². The smallest absolute Gasteiger partial charge is 1.00 e. The van der Waals surface area contributed by atoms with Gasteiger partial charge >= 0.3 is 19.5 Å². The van der Waals surface area contributed by atoms with Crippen LogP contribution in [0.15, 0.2) is 12.1 Å². The van der Waals surface area contributed by atoms with Gasteiger partial charge in [-0.25, -0.2) is 0 Å². The summed E-state index contributed by atoms with van der Waals surface area (Å²) in [7, 11) is 1.73. The molecule has 0 unspecified atom stereocenters. The second-order valence-electron chi connectivity index (χ2n) is 3.73. The molecule has 0 heterocycles. The summed E-state index contributed by atoms with van der Waals surface area (Å²) < 4.78 is 5.35. The first-order valence-corrected chi connectivity index (χ1v) is 5.54. The van der Waals surface area contributed by atoms with Gasteiger partial charge in [-0.1, -0.05) is 6.07 Å². The summed E-state index contributed by atoms with van der Waals surface area (Å²) in [6.45, 7) is 10.7. The molecule has 0 radical (unpaired) electrons. The molecule has 1 aromatic carbocycles. The number of anilines is 1. The van der Waals surface area contributed by atoms with Crippen molar-refractivity contribution in [1.29, 1.82) is 0 Å². The van der Waals surface area contributed by atoms with Gasteiger partial charge in [0.2, 0.25) is 0 Å². The molecule has 100 valence electrons. The number of ether oxygens (including phenoxy) is 1. The number of rotatable bonds is 4. The fourth-order valence-electron chi connectivity index (χ4n) is 2.06. The van der Waals surface area contributed by atoms with E-state index in [4.69, 9.17) is 4.74 Å². The Labute approximate surface area is 136 Å². The Bertz CT molecular complexity index is 344. The number of aryl methyl sites for hydroxylation is 1. The SMILES string of the molecule is CCN(CC)c1c(C)ccc(OC)c1C.Cl.[Cl-].[Zn+2]. The number of hydrogen-bond donors (Lipinski definition) is 0. The summed E-state index contributed by atoms with van der Waals surface area (Å²) in [5, 5.41) is 0. The van der Waals surface area contributed by atoms with Crippen molar-refractivity contribution >= 4 is 18.1 Å². The fourth-order valence-corrected chi connectivity index (χ4v) is 2.06. The van der Waals surface area contributed by atoms with Gasteiger partial charge in [0.25, 0.3) is 0 Å². The molecule has 0 spiro atoms. The third kappa shape index (κ3) is 4.95. The van der Waals surface area contributed by atoms with E-state index in [0.29, 0.717) is 0 Å². The zero-order valence-corrected chi connectivity index (χ0v) is 16.5. The maximum atomic E-state index is 5.35. The predicted octanol–water partition coefficient (Wildman–Crippen LogP) is 0.582. The molecule has 1 aromatic rings. The van der Waals surface area contributed by atoms with Crippen molar-refractivity contribution in [3.8, 4) is 5.75 Å². The van der Waals surface area contributed by atoms with Crippen LogP contribution in [0.3, 0.4) is 0 Å². The molecule has 0 saturated carbocycles. The summed E-state index contributed by atoms with van der Waals surface area (Å²) in [5.41, 5.74) is 3.87. The molecule has 1 rings (SSSR count). The molecule has 2 nitrogen and oxygen atoms in total. The van der Waals surface area contributed by atoms with Crippen LogP contribution in [0.5, 0.6) is 5.75 Å². The van der Waals surface area contributed by atoms with Crippen LogP contribution >= 0.6 is 12.4 Å². The van der Waals surface area contributed by atoms with Crippen LogP contribution in [0.1, 0.15) is 25.0 Å². The van der Waals surface area contributed by atoms with E-state index in [1.165, 1.54) is 16.8 Å². The Morgan fingerprint density at radius 3 is 2.00 bits per heavy atom. The van der Waals surface area contributed by atoms with Crippen LogP contribution < -0.4 is 22.0 Å². The van der Waals surface area contributed by atoms with E-state index in [9.17, 15) is 0 Å². The minimum Gasteiger partial charge on any atom is -1.00 e. The van der Waals surface area contributed by atoms with Gasteiger partial charge in [-0.15, -0.1) is 12.4 Å². The van der Waals surface area contributed by atoms with Crippen LogP contribution in [0.2, 0.25) is 0 Å². The Morgan fingerprint density at radius 2 is 1.61 bits per heavy atom. The van der Waals surface area contributed by atoms with E-state index in [1.807, 2.05) is 6.07 Å². The zero-order valence-electron chi connectivity index (χ0n) is 11.9. The van der Waals surface area contributed by atoms with E-state index in [0.717, 1.165) is 18.8 Å². The monoisotopic (exact) mass is 342 g/mol. The first kappa shape index (κ1) is 23.1. The van der Waals surface area contributed by atoms with Crippen molar-refractivity contribution in [2.24, 2.45) is 0 Å². The minimum atomic E-state index is 0. The maximum Gasteiger partial charge on any atom is 2.00 e. The molecule has 0 bridgehead atoms. The van der Waals surface area contributed by atoms with Crippen LogP contribution in [-0.2, 0) is 19.5 Å². The first-order chi connectivity index (χ1) is 7.15. The van der Waals surface area contributed by atoms with Gasteiger partial charge in [-0.2, -0.15) is 0 Å². The van der Waals surface area contributed by atoms with Crippen LogP contribution in [0.4, 0.5) is 5.69 Å². The van der Waals surface area contributed by atoms with Crippen molar-refractivity contribution in [3.05, 3.63) is 23.3 Å². The largest absolute Gasteiger partial charge is 2.00 e. The molecule has 0 aliphatic rings. The third-order valence-electron chi connectivity index (χ3n) is 2.88. The first-order valence-electron chi connectivity index (χ1n) is 5.54. The van der Waals surface area contributed by atoms with Gasteiger partial charge in [0.15, 0.2) is 0 Å². The van der Waals surface area contributed by atoms with Crippen molar-refractivity contribution in [3.63, 3.8) is 0 Å². The molecule has 18 heavy (non-hydrogen) atoms. The van der Waals surface area contributed by atoms with Crippen molar-refractivity contribution < 1.29 is 36.6 Å². The summed E-state index contributed by atoms with van der Waals surface area (Å²) in [6.07, 6.45) is 0. The molecular formula is C13H22Cl2NOZn+. The minimum absolute atomic E-state index is 0. The van der Waals surface area contributed by atoms with Gasteiger partial charge in [0.05, 0.1) is 7.11 Å². The Balaban J connectivity index is -0.000000750. The molecular weight excluding hydrogens is 322 g/mol. The predicted molar refractivity (Wildman–Crippen MR) is 73.3 cm³/mol. The summed E-state index contributed by atoms with van der Waals surface area (Å²) in [5.74, 6) is 0.975. The Kier molecular flexibility index (Phi) is 14.0. The number of hydrogen-bond acceptors (Lipinski definition) is 2. The van der Waals surface area contributed by atoms with E-state index < -0.39 is 0 Å². The fraction of sp³-hybridized carbons (Fsp3) is 0.538. The van der Waals surface area contributed by atoms with Gasteiger partial charge in [0.1, 0.15) is 5.75 Å². The molecule has 0 atom stereocenters. The molecule has 0 saturated heterocycles.